The minimum absolute atomic E-state index is 0.0454. The number of nitrogens with one attached hydrogen (secondary N) is 1. The fourth-order valence-electron chi connectivity index (χ4n) is 3.26. The Hall–Kier alpha value is -2.54. The Morgan fingerprint density at radius 2 is 2.03 bits per heavy atom. The summed E-state index contributed by atoms with van der Waals surface area (Å²) in [5.41, 5.74) is 3.56. The number of carbonyl (C=O) groups excluding carboxylic acids is 1. The van der Waals surface area contributed by atoms with E-state index in [2.05, 4.69) is 36.5 Å². The molecule has 0 spiro atoms. The highest BCUT2D eigenvalue weighted by Crippen LogP contribution is 2.40. The van der Waals surface area contributed by atoms with Crippen LogP contribution in [0.15, 0.2) is 36.0 Å². The third kappa shape index (κ3) is 4.72. The van der Waals surface area contributed by atoms with E-state index in [4.69, 9.17) is 10.1 Å². The topological polar surface area (TPSA) is 72.7 Å². The molecule has 3 heterocycles. The van der Waals surface area contributed by atoms with Crippen molar-refractivity contribution in [3.8, 4) is 11.3 Å². The number of nitrogens with zero attached hydrogens (tertiary/aromatic N) is 4. The van der Waals surface area contributed by atoms with Crippen molar-refractivity contribution in [3.63, 3.8) is 0 Å². The van der Waals surface area contributed by atoms with E-state index in [1.54, 1.807) is 23.7 Å². The van der Waals surface area contributed by atoms with E-state index in [0.29, 0.717) is 18.2 Å². The van der Waals surface area contributed by atoms with Crippen molar-refractivity contribution in [3.05, 3.63) is 52.4 Å². The monoisotopic (exact) mass is 409 g/mol. The molecule has 7 heteroatoms. The Morgan fingerprint density at radius 1 is 1.28 bits per heavy atom. The zero-order valence-corrected chi connectivity index (χ0v) is 18.0. The van der Waals surface area contributed by atoms with E-state index in [0.717, 1.165) is 34.8 Å². The Kier molecular flexibility index (Phi) is 5.50. The number of rotatable bonds is 7. The van der Waals surface area contributed by atoms with Crippen LogP contribution in [0.1, 0.15) is 67.1 Å². The van der Waals surface area contributed by atoms with Crippen molar-refractivity contribution in [2.45, 2.75) is 57.9 Å². The molecule has 3 aromatic rings. The number of pyridine rings is 1. The summed E-state index contributed by atoms with van der Waals surface area (Å²) in [6, 6.07) is 5.90. The van der Waals surface area contributed by atoms with Gasteiger partial charge in [0.15, 0.2) is 0 Å². The van der Waals surface area contributed by atoms with Gasteiger partial charge < -0.3 is 5.32 Å². The molecule has 1 aliphatic carbocycles. The van der Waals surface area contributed by atoms with Crippen molar-refractivity contribution in [1.82, 2.24) is 25.1 Å². The second kappa shape index (κ2) is 8.06. The molecular formula is C22H27N5OS. The first-order valence-corrected chi connectivity index (χ1v) is 11.0. The molecule has 6 nitrogen and oxygen atoms in total. The molecule has 1 fully saturated rings. The molecule has 152 valence electrons. The second-order valence-electron chi connectivity index (χ2n) is 8.53. The number of amides is 1. The van der Waals surface area contributed by atoms with Gasteiger partial charge in [-0.05, 0) is 58.2 Å². The highest BCUT2D eigenvalue weighted by molar-refractivity contribution is 7.09. The summed E-state index contributed by atoms with van der Waals surface area (Å²) < 4.78 is 1.87. The van der Waals surface area contributed by atoms with Gasteiger partial charge in [-0.1, -0.05) is 0 Å². The lowest BCUT2D eigenvalue weighted by Gasteiger charge is -2.22. The molecule has 0 saturated heterocycles. The number of carbonyl (C=O) groups is 1. The Labute approximate surface area is 175 Å². The SMILES string of the molecule is CC(C)(C)n1nc(C2CC2)cc1C(=O)NCCCc1nc(-c2ccncc2)cs1. The molecule has 1 N–H and O–H groups in total. The van der Waals surface area contributed by atoms with Crippen LogP contribution in [0.4, 0.5) is 0 Å². The lowest BCUT2D eigenvalue weighted by Crippen LogP contribution is -2.32. The van der Waals surface area contributed by atoms with E-state index in [1.165, 1.54) is 12.8 Å². The molecule has 1 aliphatic rings. The van der Waals surface area contributed by atoms with E-state index < -0.39 is 0 Å². The van der Waals surface area contributed by atoms with Gasteiger partial charge in [0.1, 0.15) is 5.69 Å². The van der Waals surface area contributed by atoms with Crippen molar-refractivity contribution in [2.24, 2.45) is 0 Å². The number of aryl methyl sites for hydroxylation is 1. The number of aromatic nitrogens is 4. The van der Waals surface area contributed by atoms with Crippen molar-refractivity contribution in [2.75, 3.05) is 6.54 Å². The van der Waals surface area contributed by atoms with Gasteiger partial charge in [0.05, 0.1) is 21.9 Å². The quantitative estimate of drug-likeness (QED) is 0.587. The average molecular weight is 410 g/mol. The smallest absolute Gasteiger partial charge is 0.269 e. The lowest BCUT2D eigenvalue weighted by molar-refractivity contribution is 0.0935. The summed E-state index contributed by atoms with van der Waals surface area (Å²) in [6.07, 6.45) is 7.62. The van der Waals surface area contributed by atoms with Crippen LogP contribution in [0.3, 0.4) is 0 Å². The minimum Gasteiger partial charge on any atom is -0.351 e. The first-order chi connectivity index (χ1) is 13.9. The van der Waals surface area contributed by atoms with Crippen LogP contribution in [-0.4, -0.2) is 32.2 Å². The van der Waals surface area contributed by atoms with Gasteiger partial charge >= 0.3 is 0 Å². The van der Waals surface area contributed by atoms with Gasteiger partial charge in [-0.25, -0.2) is 4.98 Å². The summed E-state index contributed by atoms with van der Waals surface area (Å²) >= 11 is 1.66. The second-order valence-corrected chi connectivity index (χ2v) is 9.48. The van der Waals surface area contributed by atoms with E-state index in [-0.39, 0.29) is 11.4 Å². The maximum atomic E-state index is 12.8. The van der Waals surface area contributed by atoms with Crippen LogP contribution in [0, 0.1) is 0 Å². The Bertz CT molecular complexity index is 982. The van der Waals surface area contributed by atoms with Gasteiger partial charge in [-0.15, -0.1) is 11.3 Å². The van der Waals surface area contributed by atoms with Crippen LogP contribution in [0.25, 0.3) is 11.3 Å². The molecule has 29 heavy (non-hydrogen) atoms. The molecule has 3 aromatic heterocycles. The summed E-state index contributed by atoms with van der Waals surface area (Å²) in [6.45, 7) is 6.86. The molecule has 0 radical (unpaired) electrons. The molecule has 0 unspecified atom stereocenters. The molecule has 1 amide bonds. The summed E-state index contributed by atoms with van der Waals surface area (Å²) in [5, 5.41) is 10.9. The van der Waals surface area contributed by atoms with Gasteiger partial charge in [0, 0.05) is 42.2 Å². The average Bonchev–Trinajstić information content (AvgIpc) is 3.26. The first-order valence-electron chi connectivity index (χ1n) is 10.2. The maximum absolute atomic E-state index is 12.8. The fourth-order valence-corrected chi connectivity index (χ4v) is 4.11. The number of hydrogen-bond donors (Lipinski definition) is 1. The maximum Gasteiger partial charge on any atom is 0.269 e. The predicted molar refractivity (Wildman–Crippen MR) is 115 cm³/mol. The van der Waals surface area contributed by atoms with Crippen molar-refractivity contribution in [1.29, 1.82) is 0 Å². The normalized spacial score (nSPS) is 14.2. The van der Waals surface area contributed by atoms with E-state index in [9.17, 15) is 4.79 Å². The highest BCUT2D eigenvalue weighted by atomic mass is 32.1. The lowest BCUT2D eigenvalue weighted by atomic mass is 10.1. The number of hydrogen-bond acceptors (Lipinski definition) is 5. The molecular weight excluding hydrogens is 382 g/mol. The van der Waals surface area contributed by atoms with Crippen LogP contribution >= 0.6 is 11.3 Å². The van der Waals surface area contributed by atoms with Crippen LogP contribution in [0.2, 0.25) is 0 Å². The molecule has 0 bridgehead atoms. The summed E-state index contributed by atoms with van der Waals surface area (Å²) in [5.74, 6) is 0.487. The zero-order valence-electron chi connectivity index (χ0n) is 17.2. The Morgan fingerprint density at radius 3 is 2.72 bits per heavy atom. The van der Waals surface area contributed by atoms with Gasteiger partial charge in [-0.3, -0.25) is 14.5 Å². The third-order valence-corrected chi connectivity index (χ3v) is 5.88. The van der Waals surface area contributed by atoms with Gasteiger partial charge in [-0.2, -0.15) is 5.10 Å². The standard InChI is InChI=1S/C22H27N5OS/c1-22(2,3)27-19(13-17(26-27)15-6-7-15)21(28)24-10-4-5-20-25-18(14-29-20)16-8-11-23-12-9-16/h8-9,11-15H,4-7,10H2,1-3H3,(H,24,28). The van der Waals surface area contributed by atoms with Gasteiger partial charge in [0.2, 0.25) is 0 Å². The Balaban J connectivity index is 1.32. The highest BCUT2D eigenvalue weighted by Gasteiger charge is 2.31. The fraction of sp³-hybridized carbons (Fsp3) is 0.455. The zero-order chi connectivity index (χ0) is 20.4. The molecule has 0 aliphatic heterocycles. The van der Waals surface area contributed by atoms with E-state index >= 15 is 0 Å². The molecule has 0 aromatic carbocycles. The predicted octanol–water partition coefficient (Wildman–Crippen LogP) is 4.40. The van der Waals surface area contributed by atoms with Crippen LogP contribution in [0.5, 0.6) is 0 Å². The summed E-state index contributed by atoms with van der Waals surface area (Å²) in [7, 11) is 0. The molecule has 1 saturated carbocycles. The van der Waals surface area contributed by atoms with E-state index in [1.807, 2.05) is 22.9 Å². The summed E-state index contributed by atoms with van der Waals surface area (Å²) in [4.78, 5) is 21.5. The number of thiazole rings is 1. The van der Waals surface area contributed by atoms with Crippen molar-refractivity contribution >= 4 is 17.2 Å². The molecule has 4 rings (SSSR count). The minimum atomic E-state index is -0.218. The van der Waals surface area contributed by atoms with Crippen molar-refractivity contribution < 1.29 is 4.79 Å². The molecule has 0 atom stereocenters. The third-order valence-electron chi connectivity index (χ3n) is 4.97. The first kappa shape index (κ1) is 19.8. The van der Waals surface area contributed by atoms with Crippen LogP contribution in [-0.2, 0) is 12.0 Å². The largest absolute Gasteiger partial charge is 0.351 e. The van der Waals surface area contributed by atoms with Crippen LogP contribution < -0.4 is 5.32 Å². The van der Waals surface area contributed by atoms with Gasteiger partial charge in [0.25, 0.3) is 5.91 Å².